The predicted molar refractivity (Wildman–Crippen MR) is 78.2 cm³/mol. The van der Waals surface area contributed by atoms with E-state index in [2.05, 4.69) is 60.4 Å². The summed E-state index contributed by atoms with van der Waals surface area (Å²) in [5, 5.41) is 0. The molecular weight excluding hydrogens is 220 g/mol. The third-order valence-electron chi connectivity index (χ3n) is 3.11. The number of hydrogen-bond acceptors (Lipinski definition) is 2. The zero-order valence-electron chi connectivity index (χ0n) is 11.0. The molecule has 2 nitrogen and oxygen atoms in total. The molecule has 94 valence electrons. The van der Waals surface area contributed by atoms with Gasteiger partial charge in [0.1, 0.15) is 0 Å². The molecule has 0 bridgehead atoms. The van der Waals surface area contributed by atoms with Gasteiger partial charge >= 0.3 is 0 Å². The monoisotopic (exact) mass is 240 g/mol. The normalized spacial score (nSPS) is 12.2. The third-order valence-corrected chi connectivity index (χ3v) is 3.11. The van der Waals surface area contributed by atoms with Crippen LogP contribution in [0.15, 0.2) is 54.6 Å². The van der Waals surface area contributed by atoms with Crippen molar-refractivity contribution in [3.05, 3.63) is 60.2 Å². The molecule has 2 heteroatoms. The quantitative estimate of drug-likeness (QED) is 0.879. The van der Waals surface area contributed by atoms with Crippen molar-refractivity contribution in [3.8, 4) is 0 Å². The fraction of sp³-hybridized carbons (Fsp3) is 0.250. The summed E-state index contributed by atoms with van der Waals surface area (Å²) in [5.74, 6) is 0. The van der Waals surface area contributed by atoms with Crippen LogP contribution >= 0.6 is 0 Å². The molecule has 1 atom stereocenters. The summed E-state index contributed by atoms with van der Waals surface area (Å²) in [6, 6.07) is 19.0. The van der Waals surface area contributed by atoms with Crippen LogP contribution in [-0.4, -0.2) is 6.54 Å². The van der Waals surface area contributed by atoms with Crippen LogP contribution < -0.4 is 10.6 Å². The van der Waals surface area contributed by atoms with Crippen LogP contribution in [0.5, 0.6) is 0 Å². The second kappa shape index (κ2) is 5.69. The van der Waals surface area contributed by atoms with Crippen LogP contribution in [-0.2, 0) is 0 Å². The highest BCUT2D eigenvalue weighted by Gasteiger charge is 2.07. The Bertz CT molecular complexity index is 474. The van der Waals surface area contributed by atoms with E-state index in [9.17, 15) is 0 Å². The molecule has 18 heavy (non-hydrogen) atoms. The maximum Gasteiger partial charge on any atom is 0.0410 e. The molecule has 2 aromatic rings. The third kappa shape index (κ3) is 2.71. The Kier molecular flexibility index (Phi) is 4.00. The summed E-state index contributed by atoms with van der Waals surface area (Å²) in [5.41, 5.74) is 9.46. The Morgan fingerprint density at radius 3 is 2.00 bits per heavy atom. The van der Waals surface area contributed by atoms with Crippen LogP contribution in [0.3, 0.4) is 0 Å². The van der Waals surface area contributed by atoms with Crippen molar-refractivity contribution in [2.75, 3.05) is 11.4 Å². The molecule has 2 N–H and O–H groups in total. The number of hydrogen-bond donors (Lipinski definition) is 1. The van der Waals surface area contributed by atoms with Crippen molar-refractivity contribution in [2.45, 2.75) is 19.9 Å². The lowest BCUT2D eigenvalue weighted by Crippen LogP contribution is -2.16. The SMILES string of the molecule is CCN(c1ccccc1)c1ccc([C@H](C)N)cc1. The number of benzene rings is 2. The van der Waals surface area contributed by atoms with Gasteiger partial charge in [0.25, 0.3) is 0 Å². The second-order valence-corrected chi connectivity index (χ2v) is 4.46. The number of nitrogens with two attached hydrogens (primary N) is 1. The van der Waals surface area contributed by atoms with E-state index in [0.717, 1.165) is 6.54 Å². The van der Waals surface area contributed by atoms with Crippen LogP contribution in [0.4, 0.5) is 11.4 Å². The van der Waals surface area contributed by atoms with Gasteiger partial charge in [-0.15, -0.1) is 0 Å². The van der Waals surface area contributed by atoms with Gasteiger partial charge in [0.15, 0.2) is 0 Å². The zero-order chi connectivity index (χ0) is 13.0. The number of nitrogens with zero attached hydrogens (tertiary/aromatic N) is 1. The zero-order valence-corrected chi connectivity index (χ0v) is 11.0. The Morgan fingerprint density at radius 2 is 1.50 bits per heavy atom. The summed E-state index contributed by atoms with van der Waals surface area (Å²) in [6.07, 6.45) is 0. The second-order valence-electron chi connectivity index (χ2n) is 4.46. The molecule has 0 aliphatic carbocycles. The van der Waals surface area contributed by atoms with Gasteiger partial charge in [0, 0.05) is 24.0 Å². The first-order chi connectivity index (χ1) is 8.72. The van der Waals surface area contributed by atoms with Gasteiger partial charge < -0.3 is 10.6 Å². The smallest absolute Gasteiger partial charge is 0.0410 e. The van der Waals surface area contributed by atoms with Crippen LogP contribution in [0.25, 0.3) is 0 Å². The van der Waals surface area contributed by atoms with Crippen molar-refractivity contribution < 1.29 is 0 Å². The lowest BCUT2D eigenvalue weighted by Gasteiger charge is -2.23. The Labute approximate surface area is 109 Å². The number of anilines is 2. The van der Waals surface area contributed by atoms with Gasteiger partial charge in [0.2, 0.25) is 0 Å². The minimum Gasteiger partial charge on any atom is -0.342 e. The molecule has 0 radical (unpaired) electrons. The highest BCUT2D eigenvalue weighted by Crippen LogP contribution is 2.25. The number of rotatable bonds is 4. The highest BCUT2D eigenvalue weighted by molar-refractivity contribution is 5.63. The Morgan fingerprint density at radius 1 is 0.944 bits per heavy atom. The van der Waals surface area contributed by atoms with E-state index >= 15 is 0 Å². The molecule has 0 fully saturated rings. The van der Waals surface area contributed by atoms with E-state index < -0.39 is 0 Å². The standard InChI is InChI=1S/C16H20N2/c1-3-18(15-7-5-4-6-8-15)16-11-9-14(10-12-16)13(2)17/h4-13H,3,17H2,1-2H3/t13-/m0/s1. The molecule has 0 spiro atoms. The molecule has 2 aromatic carbocycles. The largest absolute Gasteiger partial charge is 0.342 e. The van der Waals surface area contributed by atoms with Gasteiger partial charge in [-0.2, -0.15) is 0 Å². The summed E-state index contributed by atoms with van der Waals surface area (Å²) in [6.45, 7) is 5.11. The Hall–Kier alpha value is -1.80. The maximum absolute atomic E-state index is 5.87. The van der Waals surface area contributed by atoms with Crippen molar-refractivity contribution in [3.63, 3.8) is 0 Å². The fourth-order valence-electron chi connectivity index (χ4n) is 2.08. The first-order valence-electron chi connectivity index (χ1n) is 6.40. The molecule has 0 aliphatic rings. The lowest BCUT2D eigenvalue weighted by molar-refractivity contribution is 0.818. The van der Waals surface area contributed by atoms with E-state index in [-0.39, 0.29) is 6.04 Å². The molecule has 0 heterocycles. The summed E-state index contributed by atoms with van der Waals surface area (Å²) >= 11 is 0. The van der Waals surface area contributed by atoms with Gasteiger partial charge in [-0.3, -0.25) is 0 Å². The van der Waals surface area contributed by atoms with Crippen LogP contribution in [0.2, 0.25) is 0 Å². The molecule has 0 aromatic heterocycles. The summed E-state index contributed by atoms with van der Waals surface area (Å²) in [7, 11) is 0. The minimum atomic E-state index is 0.0888. The van der Waals surface area contributed by atoms with E-state index in [4.69, 9.17) is 5.73 Å². The molecule has 0 saturated heterocycles. The molecule has 2 rings (SSSR count). The van der Waals surface area contributed by atoms with Crippen molar-refractivity contribution in [1.29, 1.82) is 0 Å². The first-order valence-corrected chi connectivity index (χ1v) is 6.40. The summed E-state index contributed by atoms with van der Waals surface area (Å²) in [4.78, 5) is 2.28. The molecule has 0 aliphatic heterocycles. The van der Waals surface area contributed by atoms with E-state index in [0.29, 0.717) is 0 Å². The molecular formula is C16H20N2. The van der Waals surface area contributed by atoms with Gasteiger partial charge in [-0.25, -0.2) is 0 Å². The van der Waals surface area contributed by atoms with Gasteiger partial charge in [-0.05, 0) is 43.7 Å². The average Bonchev–Trinajstić information content (AvgIpc) is 2.41. The Balaban J connectivity index is 2.28. The van der Waals surface area contributed by atoms with Crippen LogP contribution in [0.1, 0.15) is 25.5 Å². The predicted octanol–water partition coefficient (Wildman–Crippen LogP) is 3.86. The van der Waals surface area contributed by atoms with E-state index in [1.807, 2.05) is 13.0 Å². The lowest BCUT2D eigenvalue weighted by atomic mass is 10.1. The molecule has 0 saturated carbocycles. The number of para-hydroxylation sites is 1. The van der Waals surface area contributed by atoms with Crippen molar-refractivity contribution in [1.82, 2.24) is 0 Å². The first kappa shape index (κ1) is 12.7. The average molecular weight is 240 g/mol. The molecule has 0 unspecified atom stereocenters. The minimum absolute atomic E-state index is 0.0888. The maximum atomic E-state index is 5.87. The van der Waals surface area contributed by atoms with E-state index in [1.165, 1.54) is 16.9 Å². The summed E-state index contributed by atoms with van der Waals surface area (Å²) < 4.78 is 0. The van der Waals surface area contributed by atoms with Crippen molar-refractivity contribution >= 4 is 11.4 Å². The van der Waals surface area contributed by atoms with Gasteiger partial charge in [0.05, 0.1) is 0 Å². The fourth-order valence-corrected chi connectivity index (χ4v) is 2.08. The van der Waals surface area contributed by atoms with Crippen molar-refractivity contribution in [2.24, 2.45) is 5.73 Å². The van der Waals surface area contributed by atoms with E-state index in [1.54, 1.807) is 0 Å². The van der Waals surface area contributed by atoms with Crippen LogP contribution in [0, 0.1) is 0 Å². The molecule has 0 amide bonds. The highest BCUT2D eigenvalue weighted by atomic mass is 15.1. The topological polar surface area (TPSA) is 29.3 Å². The van der Waals surface area contributed by atoms with Gasteiger partial charge in [-0.1, -0.05) is 30.3 Å².